The van der Waals surface area contributed by atoms with Crippen LogP contribution in [0.4, 0.5) is 0 Å². The second-order valence-electron chi connectivity index (χ2n) is 7.14. The SMILES string of the molecule is CN(C)S(=O)(=O)c1ccc(C(=O)N[C@@H]2CC[NH+](Cc3ccccc3)C2)cc1. The van der Waals surface area contributed by atoms with E-state index in [2.05, 4.69) is 17.4 Å². The highest BCUT2D eigenvalue weighted by molar-refractivity contribution is 7.89. The predicted octanol–water partition coefficient (Wildman–Crippen LogP) is 0.524. The highest BCUT2D eigenvalue weighted by Crippen LogP contribution is 2.14. The summed E-state index contributed by atoms with van der Waals surface area (Å²) in [6.07, 6.45) is 0.945. The van der Waals surface area contributed by atoms with Gasteiger partial charge < -0.3 is 10.2 Å². The summed E-state index contributed by atoms with van der Waals surface area (Å²) in [6, 6.07) is 16.6. The minimum absolute atomic E-state index is 0.140. The number of likely N-dealkylation sites (tertiary alicyclic amines) is 1. The Labute approximate surface area is 160 Å². The van der Waals surface area contributed by atoms with Gasteiger partial charge >= 0.3 is 0 Å². The molecule has 7 heteroatoms. The molecule has 2 aromatic carbocycles. The molecule has 0 spiro atoms. The van der Waals surface area contributed by atoms with E-state index in [4.69, 9.17) is 0 Å². The molecule has 1 aliphatic rings. The molecule has 1 unspecified atom stereocenters. The molecule has 1 fully saturated rings. The third-order valence-corrected chi connectivity index (χ3v) is 6.74. The zero-order valence-corrected chi connectivity index (χ0v) is 16.5. The normalized spacial score (nSPS) is 20.0. The van der Waals surface area contributed by atoms with Crippen molar-refractivity contribution in [2.24, 2.45) is 0 Å². The third-order valence-electron chi connectivity index (χ3n) is 4.91. The van der Waals surface area contributed by atoms with Crippen LogP contribution in [0.2, 0.25) is 0 Å². The van der Waals surface area contributed by atoms with E-state index in [1.165, 1.54) is 36.7 Å². The lowest BCUT2D eigenvalue weighted by Crippen LogP contribution is -3.09. The molecule has 6 nitrogen and oxygen atoms in total. The predicted molar refractivity (Wildman–Crippen MR) is 104 cm³/mol. The number of hydrogen-bond donors (Lipinski definition) is 2. The van der Waals surface area contributed by atoms with Crippen molar-refractivity contribution in [3.8, 4) is 0 Å². The van der Waals surface area contributed by atoms with E-state index < -0.39 is 10.0 Å². The summed E-state index contributed by atoms with van der Waals surface area (Å²) in [5, 5.41) is 3.07. The number of benzene rings is 2. The Balaban J connectivity index is 1.56. The summed E-state index contributed by atoms with van der Waals surface area (Å²) >= 11 is 0. The van der Waals surface area contributed by atoms with Crippen molar-refractivity contribution in [3.63, 3.8) is 0 Å². The van der Waals surface area contributed by atoms with Gasteiger partial charge in [-0.3, -0.25) is 4.79 Å². The minimum Gasteiger partial charge on any atom is -0.343 e. The van der Waals surface area contributed by atoms with Gasteiger partial charge in [-0.1, -0.05) is 30.3 Å². The molecule has 2 N–H and O–H groups in total. The van der Waals surface area contributed by atoms with Crippen molar-refractivity contribution >= 4 is 15.9 Å². The van der Waals surface area contributed by atoms with E-state index in [9.17, 15) is 13.2 Å². The van der Waals surface area contributed by atoms with Crippen LogP contribution in [-0.4, -0.2) is 51.9 Å². The standard InChI is InChI=1S/C20H25N3O3S/c1-22(2)27(25,26)19-10-8-17(9-11-19)20(24)21-18-12-13-23(15-18)14-16-6-4-3-5-7-16/h3-11,18H,12-15H2,1-2H3,(H,21,24)/p+1/t18-/m1/s1. The lowest BCUT2D eigenvalue weighted by molar-refractivity contribution is -0.901. The van der Waals surface area contributed by atoms with Gasteiger partial charge in [0, 0.05) is 31.6 Å². The Kier molecular flexibility index (Phi) is 5.94. The summed E-state index contributed by atoms with van der Waals surface area (Å²) in [6.45, 7) is 2.89. The van der Waals surface area contributed by atoms with Crippen molar-refractivity contribution in [3.05, 3.63) is 65.7 Å². The lowest BCUT2D eigenvalue weighted by atomic mass is 10.2. The number of carbonyl (C=O) groups is 1. The van der Waals surface area contributed by atoms with Crippen molar-refractivity contribution in [1.29, 1.82) is 0 Å². The Morgan fingerprint density at radius 1 is 1.11 bits per heavy atom. The Morgan fingerprint density at radius 2 is 1.78 bits per heavy atom. The highest BCUT2D eigenvalue weighted by Gasteiger charge is 2.27. The molecule has 1 amide bonds. The fourth-order valence-corrected chi connectivity index (χ4v) is 4.26. The second-order valence-corrected chi connectivity index (χ2v) is 9.29. The molecule has 2 aromatic rings. The quantitative estimate of drug-likeness (QED) is 0.758. The zero-order valence-electron chi connectivity index (χ0n) is 15.7. The average molecular weight is 389 g/mol. The second kappa shape index (κ2) is 8.21. The molecule has 0 saturated carbocycles. The lowest BCUT2D eigenvalue weighted by Gasteiger charge is -2.15. The van der Waals surface area contributed by atoms with Gasteiger partial charge in [-0.2, -0.15) is 0 Å². The first-order valence-electron chi connectivity index (χ1n) is 9.07. The Hall–Kier alpha value is -2.22. The van der Waals surface area contributed by atoms with Crippen LogP contribution in [0.1, 0.15) is 22.3 Å². The first-order chi connectivity index (χ1) is 12.9. The average Bonchev–Trinajstić information content (AvgIpc) is 3.09. The summed E-state index contributed by atoms with van der Waals surface area (Å²) in [7, 11) is -0.509. The molecular formula is C20H26N3O3S+. The topological polar surface area (TPSA) is 70.9 Å². The molecular weight excluding hydrogens is 362 g/mol. The molecule has 0 aliphatic carbocycles. The highest BCUT2D eigenvalue weighted by atomic mass is 32.2. The van der Waals surface area contributed by atoms with E-state index in [1.54, 1.807) is 12.1 Å². The number of quaternary nitrogens is 1. The Morgan fingerprint density at radius 3 is 2.41 bits per heavy atom. The number of carbonyl (C=O) groups excluding carboxylic acids is 1. The smallest absolute Gasteiger partial charge is 0.251 e. The molecule has 0 bridgehead atoms. The van der Waals surface area contributed by atoms with Gasteiger partial charge in [0.15, 0.2) is 0 Å². The zero-order chi connectivity index (χ0) is 19.4. The first-order valence-corrected chi connectivity index (χ1v) is 10.5. The number of nitrogens with one attached hydrogen (secondary N) is 2. The van der Waals surface area contributed by atoms with Crippen LogP contribution in [0.25, 0.3) is 0 Å². The van der Waals surface area contributed by atoms with Crippen molar-refractivity contribution < 1.29 is 18.1 Å². The molecule has 0 aromatic heterocycles. The van der Waals surface area contributed by atoms with E-state index >= 15 is 0 Å². The largest absolute Gasteiger partial charge is 0.343 e. The van der Waals surface area contributed by atoms with Crippen LogP contribution in [0.5, 0.6) is 0 Å². The molecule has 144 valence electrons. The van der Waals surface area contributed by atoms with Crippen LogP contribution in [0.15, 0.2) is 59.5 Å². The van der Waals surface area contributed by atoms with Gasteiger partial charge in [0.2, 0.25) is 10.0 Å². The summed E-state index contributed by atoms with van der Waals surface area (Å²) < 4.78 is 25.4. The minimum atomic E-state index is -3.48. The van der Waals surface area contributed by atoms with E-state index in [1.807, 2.05) is 18.2 Å². The molecule has 1 aliphatic heterocycles. The molecule has 0 radical (unpaired) electrons. The van der Waals surface area contributed by atoms with Gasteiger partial charge in [-0.15, -0.1) is 0 Å². The number of amides is 1. The van der Waals surface area contributed by atoms with Gasteiger partial charge in [-0.05, 0) is 24.3 Å². The molecule has 1 heterocycles. The van der Waals surface area contributed by atoms with E-state index in [0.717, 1.165) is 30.4 Å². The maximum absolute atomic E-state index is 12.5. The molecule has 3 rings (SSSR count). The number of hydrogen-bond acceptors (Lipinski definition) is 3. The maximum atomic E-state index is 12.5. The van der Waals surface area contributed by atoms with Crippen LogP contribution in [0, 0.1) is 0 Å². The van der Waals surface area contributed by atoms with Gasteiger partial charge in [0.25, 0.3) is 5.91 Å². The van der Waals surface area contributed by atoms with Crippen LogP contribution >= 0.6 is 0 Å². The van der Waals surface area contributed by atoms with Crippen molar-refractivity contribution in [2.45, 2.75) is 23.9 Å². The van der Waals surface area contributed by atoms with Gasteiger partial charge in [0.1, 0.15) is 6.54 Å². The number of nitrogens with zero attached hydrogens (tertiary/aromatic N) is 1. The fraction of sp³-hybridized carbons (Fsp3) is 0.350. The molecule has 1 saturated heterocycles. The van der Waals surface area contributed by atoms with Crippen LogP contribution in [-0.2, 0) is 16.6 Å². The van der Waals surface area contributed by atoms with Crippen molar-refractivity contribution in [2.75, 3.05) is 27.2 Å². The van der Waals surface area contributed by atoms with E-state index in [-0.39, 0.29) is 16.8 Å². The number of sulfonamides is 1. The molecule has 27 heavy (non-hydrogen) atoms. The summed E-state index contributed by atoms with van der Waals surface area (Å²) in [5.74, 6) is -0.158. The summed E-state index contributed by atoms with van der Waals surface area (Å²) in [5.41, 5.74) is 1.78. The fourth-order valence-electron chi connectivity index (χ4n) is 3.36. The first kappa shape index (κ1) is 19.5. The van der Waals surface area contributed by atoms with Gasteiger partial charge in [0.05, 0.1) is 24.0 Å². The Bertz CT molecular complexity index is 880. The van der Waals surface area contributed by atoms with Gasteiger partial charge in [-0.25, -0.2) is 12.7 Å². The summed E-state index contributed by atoms with van der Waals surface area (Å²) in [4.78, 5) is 14.1. The van der Waals surface area contributed by atoms with Crippen molar-refractivity contribution in [1.82, 2.24) is 9.62 Å². The van der Waals surface area contributed by atoms with E-state index in [0.29, 0.717) is 5.56 Å². The monoisotopic (exact) mass is 388 g/mol. The van der Waals surface area contributed by atoms with Crippen LogP contribution < -0.4 is 10.2 Å². The molecule has 2 atom stereocenters. The maximum Gasteiger partial charge on any atom is 0.251 e. The number of rotatable bonds is 6. The van der Waals surface area contributed by atoms with Crippen LogP contribution in [0.3, 0.4) is 0 Å². The third kappa shape index (κ3) is 4.74.